The van der Waals surface area contributed by atoms with E-state index in [2.05, 4.69) is 10.2 Å². The number of esters is 1. The molecule has 2 N–H and O–H groups in total. The molecule has 1 saturated heterocycles. The van der Waals surface area contributed by atoms with Crippen molar-refractivity contribution in [1.82, 2.24) is 10.3 Å². The van der Waals surface area contributed by atoms with Gasteiger partial charge in [0, 0.05) is 30.8 Å². The fraction of sp³-hybridized carbons (Fsp3) is 0.759. The summed E-state index contributed by atoms with van der Waals surface area (Å²) in [5.41, 5.74) is 0.196. The van der Waals surface area contributed by atoms with Gasteiger partial charge in [-0.05, 0) is 93.6 Å². The Bertz CT molecular complexity index is 1010. The van der Waals surface area contributed by atoms with E-state index >= 15 is 0 Å². The fourth-order valence-electron chi connectivity index (χ4n) is 8.24. The number of carbonyl (C=O) groups is 2. The van der Waals surface area contributed by atoms with Gasteiger partial charge in [0.1, 0.15) is 10.8 Å². The van der Waals surface area contributed by atoms with Gasteiger partial charge in [0.05, 0.1) is 18.3 Å². The van der Waals surface area contributed by atoms with Crippen LogP contribution in [-0.4, -0.2) is 59.1 Å². The lowest BCUT2D eigenvalue weighted by molar-refractivity contribution is -0.141. The normalized spacial score (nSPS) is 35.1. The zero-order valence-corrected chi connectivity index (χ0v) is 22.8. The summed E-state index contributed by atoms with van der Waals surface area (Å²) in [5.74, 6) is 2.41. The lowest BCUT2D eigenvalue weighted by Crippen LogP contribution is -2.61. The maximum Gasteiger partial charge on any atom is 0.305 e. The Hall–Kier alpha value is -1.80. The van der Waals surface area contributed by atoms with E-state index in [1.807, 2.05) is 12.1 Å². The quantitative estimate of drug-likeness (QED) is 0.502. The molecule has 6 aliphatic rings. The van der Waals surface area contributed by atoms with Crippen molar-refractivity contribution in [3.8, 4) is 0 Å². The molecule has 6 fully saturated rings. The highest BCUT2D eigenvalue weighted by atomic mass is 32.2. The van der Waals surface area contributed by atoms with Crippen molar-refractivity contribution in [3.63, 3.8) is 0 Å². The summed E-state index contributed by atoms with van der Waals surface area (Å²) < 4.78 is 4.90. The van der Waals surface area contributed by atoms with E-state index in [0.29, 0.717) is 35.0 Å². The zero-order valence-electron chi connectivity index (χ0n) is 22.0. The van der Waals surface area contributed by atoms with Crippen LogP contribution >= 0.6 is 11.8 Å². The van der Waals surface area contributed by atoms with Crippen molar-refractivity contribution in [3.05, 3.63) is 17.7 Å². The lowest BCUT2D eigenvalue weighted by Gasteiger charge is -2.58. The maximum atomic E-state index is 13.7. The van der Waals surface area contributed by atoms with Gasteiger partial charge >= 0.3 is 5.97 Å². The number of hydrogen-bond acceptors (Lipinski definition) is 7. The molecule has 37 heavy (non-hydrogen) atoms. The Morgan fingerprint density at radius 1 is 1.14 bits per heavy atom. The molecular weight excluding hydrogens is 486 g/mol. The lowest BCUT2D eigenvalue weighted by atomic mass is 9.52. The van der Waals surface area contributed by atoms with Gasteiger partial charge in [-0.25, -0.2) is 4.98 Å². The average Bonchev–Trinajstić information content (AvgIpc) is 3.38. The minimum atomic E-state index is -0.495. The molecule has 8 heteroatoms. The topological polar surface area (TPSA) is 91.8 Å². The smallest absolute Gasteiger partial charge is 0.305 e. The molecule has 4 bridgehead atoms. The van der Waals surface area contributed by atoms with E-state index < -0.39 is 5.60 Å². The third kappa shape index (κ3) is 5.38. The van der Waals surface area contributed by atoms with E-state index in [-0.39, 0.29) is 23.8 Å². The second kappa shape index (κ2) is 10.4. The number of aromatic nitrogens is 1. The van der Waals surface area contributed by atoms with Gasteiger partial charge in [0.25, 0.3) is 5.91 Å². The highest BCUT2D eigenvalue weighted by Gasteiger charge is 2.55. The number of nitrogens with zero attached hydrogens (tertiary/aromatic N) is 2. The number of nitrogens with one attached hydrogen (secondary N) is 1. The number of thioether (sulfide) groups is 1. The molecule has 1 aromatic rings. The fourth-order valence-corrected chi connectivity index (χ4v) is 9.56. The van der Waals surface area contributed by atoms with Crippen molar-refractivity contribution in [2.24, 2.45) is 23.7 Å². The average molecular weight is 528 g/mol. The van der Waals surface area contributed by atoms with Crippen LogP contribution in [0.15, 0.2) is 17.2 Å². The highest BCUT2D eigenvalue weighted by molar-refractivity contribution is 7.99. The third-order valence-corrected chi connectivity index (χ3v) is 11.1. The van der Waals surface area contributed by atoms with Crippen LogP contribution in [0.2, 0.25) is 0 Å². The summed E-state index contributed by atoms with van der Waals surface area (Å²) in [4.78, 5) is 32.9. The summed E-state index contributed by atoms with van der Waals surface area (Å²) in [6.07, 6.45) is 12.2. The number of pyridine rings is 1. The monoisotopic (exact) mass is 527 g/mol. The van der Waals surface area contributed by atoms with Crippen LogP contribution in [0.1, 0.15) is 87.4 Å². The van der Waals surface area contributed by atoms with Crippen molar-refractivity contribution in [2.45, 2.75) is 99.0 Å². The van der Waals surface area contributed by atoms with E-state index in [0.717, 1.165) is 68.9 Å². The summed E-state index contributed by atoms with van der Waals surface area (Å²) in [5, 5.41) is 15.7. The van der Waals surface area contributed by atoms with Gasteiger partial charge in [-0.1, -0.05) is 12.8 Å². The molecule has 7 rings (SSSR count). The first-order valence-corrected chi connectivity index (χ1v) is 15.3. The Kier molecular flexibility index (Phi) is 7.16. The van der Waals surface area contributed by atoms with Crippen molar-refractivity contribution < 1.29 is 19.4 Å². The molecule has 5 aliphatic carbocycles. The number of aliphatic hydroxyl groups is 1. The first kappa shape index (κ1) is 25.5. The van der Waals surface area contributed by atoms with Gasteiger partial charge in [-0.3, -0.25) is 9.59 Å². The minimum Gasteiger partial charge on any atom is -0.469 e. The molecule has 1 amide bonds. The number of amides is 1. The number of hydrogen-bond donors (Lipinski definition) is 2. The molecule has 2 unspecified atom stereocenters. The Morgan fingerprint density at radius 3 is 2.59 bits per heavy atom. The largest absolute Gasteiger partial charge is 0.469 e. The van der Waals surface area contributed by atoms with Crippen LogP contribution in [0.25, 0.3) is 0 Å². The number of ether oxygens (including phenoxy) is 1. The molecule has 202 valence electrons. The molecule has 5 saturated carbocycles. The van der Waals surface area contributed by atoms with Crippen LogP contribution in [0.4, 0.5) is 5.82 Å². The predicted octanol–water partition coefficient (Wildman–Crippen LogP) is 4.57. The maximum absolute atomic E-state index is 13.7. The van der Waals surface area contributed by atoms with Crippen molar-refractivity contribution >= 4 is 29.5 Å². The molecule has 1 aromatic heterocycles. The minimum absolute atomic E-state index is 0.00813. The molecule has 3 atom stereocenters. The molecule has 0 aromatic carbocycles. The number of piperidine rings is 1. The van der Waals surface area contributed by atoms with Crippen LogP contribution in [0, 0.1) is 23.7 Å². The Labute approximate surface area is 224 Å². The number of rotatable bonds is 7. The van der Waals surface area contributed by atoms with E-state index in [4.69, 9.17) is 9.72 Å². The SMILES string of the molecule is COC(=O)C[C@@H]1CCCN(c2ccc(C(=O)N[C@H]3C4CC5CC3C[C@](O)(C5)C4)c(SC3CCCC3)n2)C1. The number of anilines is 1. The predicted molar refractivity (Wildman–Crippen MR) is 144 cm³/mol. The van der Waals surface area contributed by atoms with Gasteiger partial charge < -0.3 is 20.1 Å². The summed E-state index contributed by atoms with van der Waals surface area (Å²) in [6.45, 7) is 1.70. The van der Waals surface area contributed by atoms with Gasteiger partial charge in [0.2, 0.25) is 0 Å². The Morgan fingerprint density at radius 2 is 1.89 bits per heavy atom. The molecule has 0 spiro atoms. The standard InChI is InChI=1S/C29H41N3O4S/c1-36-25(33)13-18-5-4-10-32(17-18)24-9-8-23(28(30-24)37-22-6-2-3-7-22)27(34)31-26-20-11-19-12-21(26)16-29(35,14-19)15-20/h8-9,18-22,26,35H,2-7,10-17H2,1H3,(H,31,34)/t18-,19?,20?,21?,26-,29-/m0/s1. The summed E-state index contributed by atoms with van der Waals surface area (Å²) >= 11 is 1.78. The molecule has 1 aliphatic heterocycles. The van der Waals surface area contributed by atoms with Gasteiger partial charge in [-0.2, -0.15) is 0 Å². The van der Waals surface area contributed by atoms with Gasteiger partial charge in [0.15, 0.2) is 0 Å². The number of carbonyl (C=O) groups excluding carboxylic acids is 2. The second-order valence-corrected chi connectivity index (χ2v) is 13.8. The second-order valence-electron chi connectivity index (χ2n) is 12.5. The molecule has 0 radical (unpaired) electrons. The third-order valence-electron chi connectivity index (χ3n) is 9.74. The molecule has 2 heterocycles. The number of methoxy groups -OCH3 is 1. The summed E-state index contributed by atoms with van der Waals surface area (Å²) in [6, 6.07) is 4.13. The first-order valence-electron chi connectivity index (χ1n) is 14.4. The van der Waals surface area contributed by atoms with E-state index in [1.165, 1.54) is 32.8 Å². The molecule has 7 nitrogen and oxygen atoms in total. The summed E-state index contributed by atoms with van der Waals surface area (Å²) in [7, 11) is 1.45. The van der Waals surface area contributed by atoms with Crippen LogP contribution in [0.3, 0.4) is 0 Å². The zero-order chi connectivity index (χ0) is 25.6. The van der Waals surface area contributed by atoms with Gasteiger partial charge in [-0.15, -0.1) is 11.8 Å². The van der Waals surface area contributed by atoms with Crippen molar-refractivity contribution in [1.29, 1.82) is 0 Å². The first-order chi connectivity index (χ1) is 17.9. The molecular formula is C29H41N3O4S. The van der Waals surface area contributed by atoms with Crippen LogP contribution in [-0.2, 0) is 9.53 Å². The Balaban J connectivity index is 1.20. The highest BCUT2D eigenvalue weighted by Crippen LogP contribution is 2.55. The van der Waals surface area contributed by atoms with Crippen LogP contribution < -0.4 is 10.2 Å². The van der Waals surface area contributed by atoms with E-state index in [1.54, 1.807) is 11.8 Å². The van der Waals surface area contributed by atoms with E-state index in [9.17, 15) is 14.7 Å². The van der Waals surface area contributed by atoms with Crippen LogP contribution in [0.5, 0.6) is 0 Å². The van der Waals surface area contributed by atoms with Crippen molar-refractivity contribution in [2.75, 3.05) is 25.1 Å².